The van der Waals surface area contributed by atoms with Gasteiger partial charge in [-0.25, -0.2) is 8.42 Å². The Balaban J connectivity index is 1.77. The van der Waals surface area contributed by atoms with Crippen molar-refractivity contribution in [2.45, 2.75) is 32.7 Å². The minimum absolute atomic E-state index is 0.124. The Labute approximate surface area is 162 Å². The summed E-state index contributed by atoms with van der Waals surface area (Å²) in [7, 11) is -3.38. The van der Waals surface area contributed by atoms with Crippen molar-refractivity contribution >= 4 is 15.9 Å². The van der Waals surface area contributed by atoms with Gasteiger partial charge in [-0.05, 0) is 30.9 Å². The van der Waals surface area contributed by atoms with Gasteiger partial charge in [0.15, 0.2) is 0 Å². The molecule has 0 aromatic heterocycles. The first-order chi connectivity index (χ1) is 12.8. The minimum Gasteiger partial charge on any atom is -0.356 e. The van der Waals surface area contributed by atoms with E-state index in [4.69, 9.17) is 0 Å². The molecule has 0 aliphatic heterocycles. The molecule has 0 fully saturated rings. The van der Waals surface area contributed by atoms with Gasteiger partial charge in [0.1, 0.15) is 0 Å². The average Bonchev–Trinajstić information content (AvgIpc) is 2.62. The minimum atomic E-state index is -3.38. The van der Waals surface area contributed by atoms with Crippen molar-refractivity contribution in [2.75, 3.05) is 19.3 Å². The van der Waals surface area contributed by atoms with E-state index in [0.717, 1.165) is 24.0 Å². The highest BCUT2D eigenvalue weighted by atomic mass is 32.2. The molecule has 2 rings (SSSR count). The molecule has 0 spiro atoms. The zero-order chi connectivity index (χ0) is 19.7. The Hall–Kier alpha value is -2.18. The number of carbonyl (C=O) groups is 1. The van der Waals surface area contributed by atoms with E-state index in [-0.39, 0.29) is 25.4 Å². The second kappa shape index (κ2) is 10.2. The number of rotatable bonds is 10. The van der Waals surface area contributed by atoms with Gasteiger partial charge >= 0.3 is 0 Å². The summed E-state index contributed by atoms with van der Waals surface area (Å²) in [6, 6.07) is 17.9. The van der Waals surface area contributed by atoms with E-state index >= 15 is 0 Å². The van der Waals surface area contributed by atoms with Gasteiger partial charge in [0.2, 0.25) is 15.9 Å². The molecule has 0 aliphatic carbocycles. The topological polar surface area (TPSA) is 66.5 Å². The van der Waals surface area contributed by atoms with Crippen molar-refractivity contribution in [3.05, 3.63) is 71.3 Å². The summed E-state index contributed by atoms with van der Waals surface area (Å²) in [4.78, 5) is 12.1. The number of hydrogen-bond acceptors (Lipinski definition) is 3. The summed E-state index contributed by atoms with van der Waals surface area (Å²) < 4.78 is 25.4. The van der Waals surface area contributed by atoms with Crippen LogP contribution in [0, 0.1) is 6.92 Å². The van der Waals surface area contributed by atoms with Gasteiger partial charge in [-0.15, -0.1) is 0 Å². The Morgan fingerprint density at radius 1 is 1.04 bits per heavy atom. The molecule has 0 unspecified atom stereocenters. The van der Waals surface area contributed by atoms with Gasteiger partial charge in [0.05, 0.1) is 6.26 Å². The van der Waals surface area contributed by atoms with Crippen molar-refractivity contribution in [3.8, 4) is 0 Å². The van der Waals surface area contributed by atoms with Crippen LogP contribution in [0.4, 0.5) is 0 Å². The normalized spacial score (nSPS) is 11.5. The fourth-order valence-electron chi connectivity index (χ4n) is 2.86. The molecule has 1 amide bonds. The molecule has 2 aromatic rings. The number of benzene rings is 2. The first-order valence-corrected chi connectivity index (χ1v) is 11.0. The largest absolute Gasteiger partial charge is 0.356 e. The lowest BCUT2D eigenvalue weighted by Crippen LogP contribution is -2.34. The summed E-state index contributed by atoms with van der Waals surface area (Å²) in [5, 5.41) is 2.87. The smallest absolute Gasteiger partial charge is 0.221 e. The Morgan fingerprint density at radius 3 is 2.41 bits per heavy atom. The number of sulfonamides is 1. The number of amides is 1. The predicted molar refractivity (Wildman–Crippen MR) is 109 cm³/mol. The van der Waals surface area contributed by atoms with Gasteiger partial charge in [-0.1, -0.05) is 60.2 Å². The standard InChI is InChI=1S/C21H28N2O3S/c1-18-8-6-11-20(16-18)17-23(27(2,25)26)15-13-21(24)22-14-7-12-19-9-4-3-5-10-19/h3-6,8-11,16H,7,12-15,17H2,1-2H3,(H,22,24). The highest BCUT2D eigenvalue weighted by Crippen LogP contribution is 2.11. The third-order valence-corrected chi connectivity index (χ3v) is 5.56. The molecule has 0 aliphatic rings. The summed E-state index contributed by atoms with van der Waals surface area (Å²) >= 11 is 0. The number of hydrogen-bond donors (Lipinski definition) is 1. The molecule has 2 aromatic carbocycles. The lowest BCUT2D eigenvalue weighted by atomic mass is 10.1. The van der Waals surface area contributed by atoms with Gasteiger partial charge in [-0.3, -0.25) is 4.79 Å². The highest BCUT2D eigenvalue weighted by Gasteiger charge is 2.18. The van der Waals surface area contributed by atoms with Crippen molar-refractivity contribution in [1.29, 1.82) is 0 Å². The van der Waals surface area contributed by atoms with E-state index in [1.54, 1.807) is 0 Å². The van der Waals surface area contributed by atoms with Crippen LogP contribution in [0.5, 0.6) is 0 Å². The van der Waals surface area contributed by atoms with Crippen molar-refractivity contribution in [2.24, 2.45) is 0 Å². The summed E-state index contributed by atoms with van der Waals surface area (Å²) in [6.45, 7) is 3.01. The quantitative estimate of drug-likeness (QED) is 0.637. The first-order valence-electron chi connectivity index (χ1n) is 9.16. The number of aryl methyl sites for hydroxylation is 2. The Kier molecular flexibility index (Phi) is 8.00. The van der Waals surface area contributed by atoms with Crippen LogP contribution in [0.3, 0.4) is 0 Å². The van der Waals surface area contributed by atoms with Gasteiger partial charge in [0.25, 0.3) is 0 Å². The van der Waals surface area contributed by atoms with E-state index in [9.17, 15) is 13.2 Å². The highest BCUT2D eigenvalue weighted by molar-refractivity contribution is 7.88. The lowest BCUT2D eigenvalue weighted by Gasteiger charge is -2.20. The van der Waals surface area contributed by atoms with Crippen LogP contribution in [0.2, 0.25) is 0 Å². The third kappa shape index (κ3) is 7.93. The van der Waals surface area contributed by atoms with Gasteiger partial charge in [0, 0.05) is 26.1 Å². The van der Waals surface area contributed by atoms with Crippen LogP contribution in [-0.4, -0.2) is 38.0 Å². The summed E-state index contributed by atoms with van der Waals surface area (Å²) in [6.07, 6.45) is 3.10. The zero-order valence-corrected chi connectivity index (χ0v) is 16.8. The summed E-state index contributed by atoms with van der Waals surface area (Å²) in [5.41, 5.74) is 3.24. The van der Waals surface area contributed by atoms with Crippen LogP contribution in [0.25, 0.3) is 0 Å². The van der Waals surface area contributed by atoms with Crippen LogP contribution in [0.1, 0.15) is 29.5 Å². The molecule has 0 saturated carbocycles. The van der Waals surface area contributed by atoms with Gasteiger partial charge < -0.3 is 5.32 Å². The summed E-state index contributed by atoms with van der Waals surface area (Å²) in [5.74, 6) is -0.124. The molecule has 0 atom stereocenters. The van der Waals surface area contributed by atoms with Crippen LogP contribution in [0.15, 0.2) is 54.6 Å². The van der Waals surface area contributed by atoms with Crippen molar-refractivity contribution in [1.82, 2.24) is 9.62 Å². The second-order valence-corrected chi connectivity index (χ2v) is 8.76. The number of nitrogens with one attached hydrogen (secondary N) is 1. The first kappa shape index (κ1) is 21.1. The zero-order valence-electron chi connectivity index (χ0n) is 16.0. The average molecular weight is 389 g/mol. The SMILES string of the molecule is Cc1cccc(CN(CCC(=O)NCCCc2ccccc2)S(C)(=O)=O)c1. The Morgan fingerprint density at radius 2 is 1.74 bits per heavy atom. The number of nitrogens with zero attached hydrogens (tertiary/aromatic N) is 1. The molecule has 27 heavy (non-hydrogen) atoms. The third-order valence-electron chi connectivity index (χ3n) is 4.31. The maximum Gasteiger partial charge on any atom is 0.221 e. The lowest BCUT2D eigenvalue weighted by molar-refractivity contribution is -0.121. The maximum atomic E-state index is 12.1. The van der Waals surface area contributed by atoms with E-state index in [0.29, 0.717) is 6.54 Å². The monoisotopic (exact) mass is 388 g/mol. The van der Waals surface area contributed by atoms with Crippen LogP contribution >= 0.6 is 0 Å². The molecular weight excluding hydrogens is 360 g/mol. The molecule has 146 valence electrons. The molecule has 0 radical (unpaired) electrons. The van der Waals surface area contributed by atoms with E-state index in [1.807, 2.05) is 49.4 Å². The van der Waals surface area contributed by atoms with E-state index in [1.165, 1.54) is 16.1 Å². The second-order valence-electron chi connectivity index (χ2n) is 6.77. The van der Waals surface area contributed by atoms with Crippen molar-refractivity contribution < 1.29 is 13.2 Å². The molecule has 1 N–H and O–H groups in total. The number of carbonyl (C=O) groups excluding carboxylic acids is 1. The molecule has 5 nitrogen and oxygen atoms in total. The fraction of sp³-hybridized carbons (Fsp3) is 0.381. The van der Waals surface area contributed by atoms with Crippen LogP contribution in [-0.2, 0) is 27.8 Å². The van der Waals surface area contributed by atoms with Crippen molar-refractivity contribution in [3.63, 3.8) is 0 Å². The molecular formula is C21H28N2O3S. The fourth-order valence-corrected chi connectivity index (χ4v) is 3.66. The molecule has 6 heteroatoms. The molecule has 0 saturated heterocycles. The van der Waals surface area contributed by atoms with E-state index < -0.39 is 10.0 Å². The Bertz CT molecular complexity index is 836. The van der Waals surface area contributed by atoms with Gasteiger partial charge in [-0.2, -0.15) is 4.31 Å². The molecule has 0 bridgehead atoms. The van der Waals surface area contributed by atoms with Crippen LogP contribution < -0.4 is 5.32 Å². The predicted octanol–water partition coefficient (Wildman–Crippen LogP) is 2.90. The van der Waals surface area contributed by atoms with E-state index in [2.05, 4.69) is 17.4 Å². The maximum absolute atomic E-state index is 12.1. The molecule has 0 heterocycles.